The van der Waals surface area contributed by atoms with E-state index in [1.54, 1.807) is 18.2 Å². The molecule has 1 aromatic carbocycles. The van der Waals surface area contributed by atoms with Gasteiger partial charge in [0.2, 0.25) is 5.91 Å². The van der Waals surface area contributed by atoms with Gasteiger partial charge in [-0.3, -0.25) is 4.79 Å². The normalized spacial score (nSPS) is 12.2. The second-order valence-electron chi connectivity index (χ2n) is 3.80. The van der Waals surface area contributed by atoms with Gasteiger partial charge < -0.3 is 5.32 Å². The van der Waals surface area contributed by atoms with Gasteiger partial charge in [0.1, 0.15) is 0 Å². The maximum absolute atomic E-state index is 12.5. The smallest absolute Gasteiger partial charge is 0.348 e. The molecular weight excluding hydrogens is 255 g/mol. The molecule has 1 rings (SSSR count). The molecule has 0 aliphatic carbocycles. The van der Waals surface area contributed by atoms with E-state index in [-0.39, 0.29) is 12.5 Å². The van der Waals surface area contributed by atoms with Crippen molar-refractivity contribution in [1.82, 2.24) is 5.32 Å². The van der Waals surface area contributed by atoms with E-state index in [1.807, 2.05) is 6.92 Å². The fourth-order valence-corrected chi connectivity index (χ4v) is 1.36. The number of halogens is 3. The minimum Gasteiger partial charge on any atom is -0.348 e. The quantitative estimate of drug-likeness (QED) is 0.658. The van der Waals surface area contributed by atoms with Crippen molar-refractivity contribution in [2.45, 2.75) is 19.6 Å². The maximum atomic E-state index is 12.5. The number of alkyl halides is 3. The Morgan fingerprint density at radius 1 is 1.32 bits per heavy atom. The predicted molar refractivity (Wildman–Crippen MR) is 67.2 cm³/mol. The van der Waals surface area contributed by atoms with Gasteiger partial charge in [-0.1, -0.05) is 30.4 Å². The van der Waals surface area contributed by atoms with E-state index in [2.05, 4.69) is 5.32 Å². The van der Waals surface area contributed by atoms with E-state index in [0.29, 0.717) is 5.56 Å². The molecule has 0 fully saturated rings. The van der Waals surface area contributed by atoms with Gasteiger partial charge in [-0.05, 0) is 24.6 Å². The topological polar surface area (TPSA) is 29.1 Å². The number of benzene rings is 1. The zero-order valence-corrected chi connectivity index (χ0v) is 10.4. The van der Waals surface area contributed by atoms with Crippen molar-refractivity contribution in [3.8, 4) is 0 Å². The van der Waals surface area contributed by atoms with Gasteiger partial charge in [-0.15, -0.1) is 0 Å². The SMILES string of the molecule is CC=CC=CC(=O)NCc1cccc(C(F)(F)F)c1. The molecule has 102 valence electrons. The van der Waals surface area contributed by atoms with Crippen LogP contribution >= 0.6 is 0 Å². The van der Waals surface area contributed by atoms with Gasteiger partial charge in [0.25, 0.3) is 0 Å². The Morgan fingerprint density at radius 2 is 2.05 bits per heavy atom. The molecule has 1 amide bonds. The molecule has 0 aliphatic heterocycles. The molecule has 0 unspecified atom stereocenters. The van der Waals surface area contributed by atoms with Gasteiger partial charge in [0.05, 0.1) is 5.56 Å². The summed E-state index contributed by atoms with van der Waals surface area (Å²) in [6, 6.07) is 4.87. The summed E-state index contributed by atoms with van der Waals surface area (Å²) in [5.41, 5.74) is -0.314. The average molecular weight is 269 g/mol. The van der Waals surface area contributed by atoms with Crippen LogP contribution in [0.2, 0.25) is 0 Å². The lowest BCUT2D eigenvalue weighted by Crippen LogP contribution is -2.20. The molecule has 0 aromatic heterocycles. The molecule has 5 heteroatoms. The van der Waals surface area contributed by atoms with Crippen LogP contribution in [-0.4, -0.2) is 5.91 Å². The van der Waals surface area contributed by atoms with Crippen molar-refractivity contribution in [1.29, 1.82) is 0 Å². The molecule has 0 saturated carbocycles. The number of carbonyl (C=O) groups excluding carboxylic acids is 1. The third-order valence-corrected chi connectivity index (χ3v) is 2.27. The first-order valence-electron chi connectivity index (χ1n) is 5.67. The number of carbonyl (C=O) groups is 1. The van der Waals surface area contributed by atoms with Gasteiger partial charge in [0.15, 0.2) is 0 Å². The lowest BCUT2D eigenvalue weighted by atomic mass is 10.1. The van der Waals surface area contributed by atoms with Crippen LogP contribution in [0.25, 0.3) is 0 Å². The largest absolute Gasteiger partial charge is 0.416 e. The molecule has 0 heterocycles. The van der Waals surface area contributed by atoms with Crippen LogP contribution < -0.4 is 5.32 Å². The average Bonchev–Trinajstić information content (AvgIpc) is 2.36. The Bertz CT molecular complexity index is 490. The van der Waals surface area contributed by atoms with Gasteiger partial charge in [-0.25, -0.2) is 0 Å². The summed E-state index contributed by atoms with van der Waals surface area (Å²) in [4.78, 5) is 11.3. The number of allylic oxidation sites excluding steroid dienone is 3. The minimum absolute atomic E-state index is 0.0585. The van der Waals surface area contributed by atoms with Gasteiger partial charge in [0, 0.05) is 12.6 Å². The molecule has 19 heavy (non-hydrogen) atoms. The van der Waals surface area contributed by atoms with E-state index < -0.39 is 11.7 Å². The number of hydrogen-bond acceptors (Lipinski definition) is 1. The summed E-state index contributed by atoms with van der Waals surface area (Å²) in [5, 5.41) is 2.51. The monoisotopic (exact) mass is 269 g/mol. The van der Waals surface area contributed by atoms with Crippen molar-refractivity contribution in [3.05, 3.63) is 59.7 Å². The van der Waals surface area contributed by atoms with Crippen molar-refractivity contribution < 1.29 is 18.0 Å². The van der Waals surface area contributed by atoms with Crippen LogP contribution in [0.15, 0.2) is 48.6 Å². The highest BCUT2D eigenvalue weighted by Gasteiger charge is 2.30. The Balaban J connectivity index is 2.61. The van der Waals surface area contributed by atoms with E-state index in [4.69, 9.17) is 0 Å². The Morgan fingerprint density at radius 3 is 2.68 bits per heavy atom. The van der Waals surface area contributed by atoms with Crippen molar-refractivity contribution in [3.63, 3.8) is 0 Å². The summed E-state index contributed by atoms with van der Waals surface area (Å²) in [6.07, 6.45) is 1.95. The van der Waals surface area contributed by atoms with Crippen LogP contribution in [-0.2, 0) is 17.5 Å². The lowest BCUT2D eigenvalue weighted by Gasteiger charge is -2.08. The number of nitrogens with one attached hydrogen (secondary N) is 1. The molecule has 1 aromatic rings. The van der Waals surface area contributed by atoms with Crippen molar-refractivity contribution in [2.24, 2.45) is 0 Å². The Hall–Kier alpha value is -2.04. The predicted octanol–water partition coefficient (Wildman–Crippen LogP) is 3.45. The zero-order valence-electron chi connectivity index (χ0n) is 10.4. The van der Waals surface area contributed by atoms with E-state index in [9.17, 15) is 18.0 Å². The second-order valence-corrected chi connectivity index (χ2v) is 3.80. The first-order valence-corrected chi connectivity index (χ1v) is 5.67. The first kappa shape index (κ1) is 15.0. The van der Waals surface area contributed by atoms with Crippen molar-refractivity contribution >= 4 is 5.91 Å². The Labute approximate surface area is 109 Å². The maximum Gasteiger partial charge on any atom is 0.416 e. The van der Waals surface area contributed by atoms with E-state index in [0.717, 1.165) is 12.1 Å². The van der Waals surface area contributed by atoms with Crippen LogP contribution in [0.4, 0.5) is 13.2 Å². The molecule has 0 atom stereocenters. The summed E-state index contributed by atoms with van der Waals surface area (Å²) in [5.74, 6) is -0.351. The van der Waals surface area contributed by atoms with Crippen LogP contribution in [0, 0.1) is 0 Å². The molecule has 0 saturated heterocycles. The third-order valence-electron chi connectivity index (χ3n) is 2.27. The highest BCUT2D eigenvalue weighted by molar-refractivity contribution is 5.87. The standard InChI is InChI=1S/C14H14F3NO/c1-2-3-4-8-13(19)18-10-11-6-5-7-12(9-11)14(15,16)17/h2-9H,10H2,1H3,(H,18,19). The first-order chi connectivity index (χ1) is 8.93. The lowest BCUT2D eigenvalue weighted by molar-refractivity contribution is -0.137. The summed E-state index contributed by atoms with van der Waals surface area (Å²) in [6.45, 7) is 1.87. The highest BCUT2D eigenvalue weighted by Crippen LogP contribution is 2.29. The van der Waals surface area contributed by atoms with Crippen LogP contribution in [0.3, 0.4) is 0 Å². The fraction of sp³-hybridized carbons (Fsp3) is 0.214. The molecule has 2 nitrogen and oxygen atoms in total. The molecule has 0 aliphatic rings. The Kier molecular flexibility index (Phi) is 5.36. The molecule has 0 radical (unpaired) electrons. The van der Waals surface area contributed by atoms with Crippen LogP contribution in [0.1, 0.15) is 18.1 Å². The summed E-state index contributed by atoms with van der Waals surface area (Å²) < 4.78 is 37.4. The number of amides is 1. The van der Waals surface area contributed by atoms with Crippen molar-refractivity contribution in [2.75, 3.05) is 0 Å². The van der Waals surface area contributed by atoms with E-state index >= 15 is 0 Å². The minimum atomic E-state index is -4.37. The summed E-state index contributed by atoms with van der Waals surface area (Å²) in [7, 11) is 0. The molecule has 1 N–H and O–H groups in total. The van der Waals surface area contributed by atoms with Gasteiger partial charge >= 0.3 is 6.18 Å². The second kappa shape index (κ2) is 6.78. The summed E-state index contributed by atoms with van der Waals surface area (Å²) >= 11 is 0. The fourth-order valence-electron chi connectivity index (χ4n) is 1.36. The number of hydrogen-bond donors (Lipinski definition) is 1. The highest BCUT2D eigenvalue weighted by atomic mass is 19.4. The molecule has 0 spiro atoms. The van der Waals surface area contributed by atoms with Crippen LogP contribution in [0.5, 0.6) is 0 Å². The van der Waals surface area contributed by atoms with Gasteiger partial charge in [-0.2, -0.15) is 13.2 Å². The number of rotatable bonds is 4. The third kappa shape index (κ3) is 5.42. The molecular formula is C14H14F3NO. The zero-order chi connectivity index (χ0) is 14.3. The molecule has 0 bridgehead atoms. The van der Waals surface area contributed by atoms with E-state index in [1.165, 1.54) is 18.2 Å².